The van der Waals surface area contributed by atoms with Crippen molar-refractivity contribution in [1.82, 2.24) is 4.90 Å². The molecule has 1 heterocycles. The maximum atomic E-state index is 11.9. The van der Waals surface area contributed by atoms with Gasteiger partial charge in [0.25, 0.3) is 0 Å². The number of carbonyl (C=O) groups excluding carboxylic acids is 1. The number of rotatable bonds is 5. The summed E-state index contributed by atoms with van der Waals surface area (Å²) in [6, 6.07) is -1.22. The first-order valence-electron chi connectivity index (χ1n) is 6.10. The van der Waals surface area contributed by atoms with Crippen molar-refractivity contribution in [2.45, 2.75) is 38.6 Å². The molecule has 0 saturated carbocycles. The molecule has 1 unspecified atom stereocenters. The molecule has 0 bridgehead atoms. The number of unbranched alkanes of at least 4 members (excludes halogenated alkanes) is 2. The van der Waals surface area contributed by atoms with Gasteiger partial charge < -0.3 is 10.0 Å². The second kappa shape index (κ2) is 6.17. The summed E-state index contributed by atoms with van der Waals surface area (Å²) in [4.78, 5) is 24.1. The number of carboxylic acid groups (broad SMARTS) is 1. The molecule has 1 rings (SSSR count). The van der Waals surface area contributed by atoms with Gasteiger partial charge >= 0.3 is 5.97 Å². The molecule has 18 heavy (non-hydrogen) atoms. The minimum Gasteiger partial charge on any atom is -0.480 e. The van der Waals surface area contributed by atoms with Gasteiger partial charge in [0.15, 0.2) is 9.84 Å². The highest BCUT2D eigenvalue weighted by Gasteiger charge is 2.38. The second-order valence-electron chi connectivity index (χ2n) is 4.51. The summed E-state index contributed by atoms with van der Waals surface area (Å²) in [5, 5.41) is 9.00. The molecular weight excluding hydrogens is 258 g/mol. The highest BCUT2D eigenvalue weighted by atomic mass is 32.2. The zero-order chi connectivity index (χ0) is 13.8. The average molecular weight is 277 g/mol. The van der Waals surface area contributed by atoms with Crippen LogP contribution in [0, 0.1) is 0 Å². The maximum absolute atomic E-state index is 11.9. The Morgan fingerprint density at radius 2 is 2.00 bits per heavy atom. The molecule has 1 amide bonds. The molecule has 0 aromatic rings. The summed E-state index contributed by atoms with van der Waals surface area (Å²) in [5.41, 5.74) is 0. The van der Waals surface area contributed by atoms with Crippen LogP contribution < -0.4 is 0 Å². The predicted molar refractivity (Wildman–Crippen MR) is 65.9 cm³/mol. The fraction of sp³-hybridized carbons (Fsp3) is 0.818. The number of nitrogens with zero attached hydrogens (tertiary/aromatic N) is 1. The van der Waals surface area contributed by atoms with Crippen LogP contribution in [-0.4, -0.2) is 54.4 Å². The van der Waals surface area contributed by atoms with Crippen LogP contribution in [-0.2, 0) is 19.4 Å². The summed E-state index contributed by atoms with van der Waals surface area (Å²) in [7, 11) is -3.34. The van der Waals surface area contributed by atoms with Gasteiger partial charge in [-0.15, -0.1) is 0 Å². The first-order chi connectivity index (χ1) is 8.37. The number of carboxylic acids is 1. The van der Waals surface area contributed by atoms with E-state index in [4.69, 9.17) is 5.11 Å². The number of hydrogen-bond acceptors (Lipinski definition) is 4. The van der Waals surface area contributed by atoms with Crippen LogP contribution in [0.25, 0.3) is 0 Å². The summed E-state index contributed by atoms with van der Waals surface area (Å²) >= 11 is 0. The van der Waals surface area contributed by atoms with E-state index < -0.39 is 27.6 Å². The number of hydrogen-bond donors (Lipinski definition) is 1. The Bertz CT molecular complexity index is 417. The van der Waals surface area contributed by atoms with Gasteiger partial charge in [-0.25, -0.2) is 13.2 Å². The zero-order valence-electron chi connectivity index (χ0n) is 10.5. The van der Waals surface area contributed by atoms with E-state index in [2.05, 4.69) is 0 Å². The van der Waals surface area contributed by atoms with Gasteiger partial charge in [-0.2, -0.15) is 0 Å². The Labute approximate surface area is 107 Å². The van der Waals surface area contributed by atoms with Crippen LogP contribution in [0.2, 0.25) is 0 Å². The Hall–Kier alpha value is -1.11. The van der Waals surface area contributed by atoms with E-state index in [0.29, 0.717) is 6.42 Å². The SMILES string of the molecule is CCCCCC(=O)N1CCS(=O)(=O)CC1C(=O)O. The number of aliphatic carboxylic acids is 1. The molecule has 0 aromatic heterocycles. The summed E-state index contributed by atoms with van der Waals surface area (Å²) in [5.74, 6) is -2.12. The van der Waals surface area contributed by atoms with Crippen LogP contribution in [0.5, 0.6) is 0 Å². The van der Waals surface area contributed by atoms with Crippen LogP contribution in [0.15, 0.2) is 0 Å². The third-order valence-corrected chi connectivity index (χ3v) is 4.66. The lowest BCUT2D eigenvalue weighted by molar-refractivity contribution is -0.149. The predicted octanol–water partition coefficient (Wildman–Crippen LogP) is 0.277. The quantitative estimate of drug-likeness (QED) is 0.729. The molecule has 1 N–H and O–H groups in total. The molecule has 0 aliphatic carbocycles. The van der Waals surface area contributed by atoms with Gasteiger partial charge in [0.2, 0.25) is 5.91 Å². The molecule has 1 saturated heterocycles. The highest BCUT2D eigenvalue weighted by molar-refractivity contribution is 7.91. The molecule has 0 radical (unpaired) electrons. The van der Waals surface area contributed by atoms with E-state index in [0.717, 1.165) is 12.8 Å². The lowest BCUT2D eigenvalue weighted by Gasteiger charge is -2.32. The Kier molecular flexibility index (Phi) is 5.13. The Morgan fingerprint density at radius 3 is 2.56 bits per heavy atom. The van der Waals surface area contributed by atoms with E-state index >= 15 is 0 Å². The van der Waals surface area contributed by atoms with Crippen molar-refractivity contribution >= 4 is 21.7 Å². The minimum absolute atomic E-state index is 0.00966. The van der Waals surface area contributed by atoms with E-state index in [-0.39, 0.29) is 24.6 Å². The van der Waals surface area contributed by atoms with Gasteiger partial charge in [0.1, 0.15) is 6.04 Å². The molecule has 0 aromatic carbocycles. The van der Waals surface area contributed by atoms with Crippen molar-refractivity contribution in [3.63, 3.8) is 0 Å². The van der Waals surface area contributed by atoms with Gasteiger partial charge in [0.05, 0.1) is 11.5 Å². The number of amides is 1. The van der Waals surface area contributed by atoms with E-state index in [1.54, 1.807) is 0 Å². The second-order valence-corrected chi connectivity index (χ2v) is 6.74. The molecule has 1 aliphatic rings. The summed E-state index contributed by atoms with van der Waals surface area (Å²) in [6.07, 6.45) is 2.89. The maximum Gasteiger partial charge on any atom is 0.327 e. The van der Waals surface area contributed by atoms with E-state index in [1.807, 2.05) is 6.92 Å². The van der Waals surface area contributed by atoms with Crippen LogP contribution in [0.1, 0.15) is 32.6 Å². The monoisotopic (exact) mass is 277 g/mol. The first-order valence-corrected chi connectivity index (χ1v) is 7.92. The van der Waals surface area contributed by atoms with Crippen molar-refractivity contribution in [3.05, 3.63) is 0 Å². The smallest absolute Gasteiger partial charge is 0.327 e. The topological polar surface area (TPSA) is 91.8 Å². The minimum atomic E-state index is -3.34. The molecule has 1 aliphatic heterocycles. The number of carbonyl (C=O) groups is 2. The third-order valence-electron chi connectivity index (χ3n) is 3.03. The molecular formula is C11H19NO5S. The molecule has 1 atom stereocenters. The fourth-order valence-electron chi connectivity index (χ4n) is 1.98. The average Bonchev–Trinajstić information content (AvgIpc) is 2.27. The van der Waals surface area contributed by atoms with Crippen molar-refractivity contribution in [2.75, 3.05) is 18.1 Å². The number of sulfone groups is 1. The first kappa shape index (κ1) is 14.9. The van der Waals surface area contributed by atoms with Gasteiger partial charge in [-0.3, -0.25) is 4.79 Å². The van der Waals surface area contributed by atoms with E-state index in [9.17, 15) is 18.0 Å². The fourth-order valence-corrected chi connectivity index (χ4v) is 3.43. The van der Waals surface area contributed by atoms with Crippen LogP contribution in [0.3, 0.4) is 0 Å². The largest absolute Gasteiger partial charge is 0.480 e. The summed E-state index contributed by atoms with van der Waals surface area (Å²) in [6.45, 7) is 2.00. The molecule has 6 nitrogen and oxygen atoms in total. The lowest BCUT2D eigenvalue weighted by Crippen LogP contribution is -2.54. The van der Waals surface area contributed by atoms with E-state index in [1.165, 1.54) is 4.90 Å². The lowest BCUT2D eigenvalue weighted by atomic mass is 10.1. The van der Waals surface area contributed by atoms with Crippen molar-refractivity contribution in [3.8, 4) is 0 Å². The molecule has 7 heteroatoms. The van der Waals surface area contributed by atoms with Gasteiger partial charge in [-0.05, 0) is 6.42 Å². The normalized spacial score (nSPS) is 22.7. The zero-order valence-corrected chi connectivity index (χ0v) is 11.3. The molecule has 1 fully saturated rings. The standard InChI is InChI=1S/C11H19NO5S/c1-2-3-4-5-10(13)12-6-7-18(16,17)8-9(12)11(14)15/h9H,2-8H2,1H3,(H,14,15). The Morgan fingerprint density at radius 1 is 1.33 bits per heavy atom. The van der Waals surface area contributed by atoms with Gasteiger partial charge in [-0.1, -0.05) is 19.8 Å². The van der Waals surface area contributed by atoms with Crippen LogP contribution in [0.4, 0.5) is 0 Å². The van der Waals surface area contributed by atoms with Crippen molar-refractivity contribution in [1.29, 1.82) is 0 Å². The molecule has 0 spiro atoms. The third kappa shape index (κ3) is 3.97. The molecule has 104 valence electrons. The van der Waals surface area contributed by atoms with Gasteiger partial charge in [0, 0.05) is 13.0 Å². The van der Waals surface area contributed by atoms with Crippen molar-refractivity contribution in [2.24, 2.45) is 0 Å². The Balaban J connectivity index is 2.68. The highest BCUT2D eigenvalue weighted by Crippen LogP contribution is 2.15. The van der Waals surface area contributed by atoms with Crippen LogP contribution >= 0.6 is 0 Å². The van der Waals surface area contributed by atoms with Crippen molar-refractivity contribution < 1.29 is 23.1 Å². The summed E-state index contributed by atoms with van der Waals surface area (Å²) < 4.78 is 22.8.